The van der Waals surface area contributed by atoms with Crippen LogP contribution in [0.5, 0.6) is 11.5 Å². The largest absolute Gasteiger partial charge is 0.486 e. The van der Waals surface area contributed by atoms with Crippen molar-refractivity contribution >= 4 is 27.1 Å². The Labute approximate surface area is 189 Å². The fourth-order valence-electron chi connectivity index (χ4n) is 3.56. The Kier molecular flexibility index (Phi) is 6.05. The van der Waals surface area contributed by atoms with Crippen LogP contribution in [-0.4, -0.2) is 70.9 Å². The van der Waals surface area contributed by atoms with E-state index in [4.69, 9.17) is 18.6 Å². The maximum Gasteiger partial charge on any atom is 0.240 e. The summed E-state index contributed by atoms with van der Waals surface area (Å²) in [6.45, 7) is 5.16. The lowest BCUT2D eigenvalue weighted by atomic mass is 10.3. The highest BCUT2D eigenvalue weighted by molar-refractivity contribution is 7.91. The molecule has 11 heteroatoms. The molecule has 170 valence electrons. The molecule has 32 heavy (non-hydrogen) atoms. The minimum absolute atomic E-state index is 0.0732. The van der Waals surface area contributed by atoms with E-state index in [2.05, 4.69) is 15.2 Å². The zero-order valence-electron chi connectivity index (χ0n) is 17.3. The Hall–Kier alpha value is -2.60. The van der Waals surface area contributed by atoms with E-state index in [1.165, 1.54) is 23.5 Å². The summed E-state index contributed by atoms with van der Waals surface area (Å²) in [5, 5.41) is 4.89. The van der Waals surface area contributed by atoms with Crippen molar-refractivity contribution in [3.05, 3.63) is 35.7 Å². The van der Waals surface area contributed by atoms with Gasteiger partial charge in [0.15, 0.2) is 11.5 Å². The summed E-state index contributed by atoms with van der Waals surface area (Å²) >= 11 is 1.43. The second-order valence-electron chi connectivity index (χ2n) is 7.32. The third-order valence-electron chi connectivity index (χ3n) is 5.22. The molecule has 0 spiro atoms. The normalized spacial score (nSPS) is 16.8. The predicted octanol–water partition coefficient (Wildman–Crippen LogP) is 2.75. The van der Waals surface area contributed by atoms with E-state index >= 15 is 0 Å². The molecular formula is C21H23N3O6S2. The third kappa shape index (κ3) is 4.33. The van der Waals surface area contributed by atoms with Crippen molar-refractivity contribution in [1.82, 2.24) is 9.88 Å². The molecule has 0 atom stereocenters. The number of oxazole rings is 1. The molecule has 2 aliphatic heterocycles. The van der Waals surface area contributed by atoms with Crippen LogP contribution in [0.3, 0.4) is 0 Å². The Morgan fingerprint density at radius 3 is 2.66 bits per heavy atom. The molecule has 5 rings (SSSR count). The minimum atomic E-state index is -3.96. The van der Waals surface area contributed by atoms with E-state index in [0.717, 1.165) is 24.5 Å². The van der Waals surface area contributed by atoms with Crippen molar-refractivity contribution in [3.8, 4) is 22.3 Å². The predicted molar refractivity (Wildman–Crippen MR) is 118 cm³/mol. The molecule has 4 heterocycles. The molecular weight excluding hydrogens is 454 g/mol. The monoisotopic (exact) mass is 477 g/mol. The maximum atomic E-state index is 13.5. The number of morpholine rings is 1. The van der Waals surface area contributed by atoms with Gasteiger partial charge in [-0.05, 0) is 23.6 Å². The molecule has 1 aromatic carbocycles. The number of hydrogen-bond acceptors (Lipinski definition) is 10. The van der Waals surface area contributed by atoms with Gasteiger partial charge >= 0.3 is 0 Å². The van der Waals surface area contributed by atoms with Crippen LogP contribution in [0.1, 0.15) is 0 Å². The van der Waals surface area contributed by atoms with Gasteiger partial charge in [0.1, 0.15) is 13.2 Å². The van der Waals surface area contributed by atoms with Crippen molar-refractivity contribution in [2.75, 3.05) is 57.9 Å². The van der Waals surface area contributed by atoms with Crippen molar-refractivity contribution in [2.24, 2.45) is 0 Å². The second kappa shape index (κ2) is 9.10. The van der Waals surface area contributed by atoms with Gasteiger partial charge < -0.3 is 23.9 Å². The number of aromatic nitrogens is 1. The molecule has 1 fully saturated rings. The molecule has 9 nitrogen and oxygen atoms in total. The molecule has 2 aliphatic rings. The highest BCUT2D eigenvalue weighted by Gasteiger charge is 2.30. The van der Waals surface area contributed by atoms with Crippen LogP contribution in [0, 0.1) is 0 Å². The highest BCUT2D eigenvalue weighted by atomic mass is 32.2. The summed E-state index contributed by atoms with van der Waals surface area (Å²) in [6.07, 6.45) is 0. The lowest BCUT2D eigenvalue weighted by molar-refractivity contribution is 0.0398. The number of ether oxygens (including phenoxy) is 3. The van der Waals surface area contributed by atoms with Crippen LogP contribution in [0.2, 0.25) is 0 Å². The van der Waals surface area contributed by atoms with E-state index in [1.807, 2.05) is 17.5 Å². The number of fused-ring (bicyclic) bond motifs is 1. The molecule has 0 radical (unpaired) electrons. The van der Waals surface area contributed by atoms with Gasteiger partial charge in [-0.25, -0.2) is 8.42 Å². The van der Waals surface area contributed by atoms with Gasteiger partial charge in [0.25, 0.3) is 0 Å². The Morgan fingerprint density at radius 2 is 1.88 bits per heavy atom. The minimum Gasteiger partial charge on any atom is -0.486 e. The van der Waals surface area contributed by atoms with Gasteiger partial charge in [0, 0.05) is 32.2 Å². The maximum absolute atomic E-state index is 13.5. The van der Waals surface area contributed by atoms with E-state index in [-0.39, 0.29) is 21.7 Å². The Balaban J connectivity index is 1.44. The van der Waals surface area contributed by atoms with E-state index < -0.39 is 9.84 Å². The molecule has 0 unspecified atom stereocenters. The molecule has 3 aromatic rings. The molecule has 2 aromatic heterocycles. The van der Waals surface area contributed by atoms with Crippen molar-refractivity contribution < 1.29 is 27.0 Å². The SMILES string of the molecule is O=S(=O)(c1ccc2c(c1)OCCO2)c1nc(-c2cccs2)oc1NCCN1CCOCC1. The zero-order valence-corrected chi connectivity index (χ0v) is 18.9. The molecule has 0 amide bonds. The summed E-state index contributed by atoms with van der Waals surface area (Å²) in [7, 11) is -3.96. The summed E-state index contributed by atoms with van der Waals surface area (Å²) in [6, 6.07) is 8.28. The first kappa shape index (κ1) is 21.3. The Morgan fingerprint density at radius 1 is 1.06 bits per heavy atom. The average molecular weight is 478 g/mol. The topological polar surface area (TPSA) is 103 Å². The van der Waals surface area contributed by atoms with Crippen molar-refractivity contribution in [1.29, 1.82) is 0 Å². The number of nitrogens with zero attached hydrogens (tertiary/aromatic N) is 2. The smallest absolute Gasteiger partial charge is 0.240 e. The average Bonchev–Trinajstić information content (AvgIpc) is 3.50. The van der Waals surface area contributed by atoms with Gasteiger partial charge in [-0.1, -0.05) is 6.07 Å². The summed E-state index contributed by atoms with van der Waals surface area (Å²) < 4.78 is 49.3. The van der Waals surface area contributed by atoms with Crippen molar-refractivity contribution in [2.45, 2.75) is 9.92 Å². The molecule has 0 aliphatic carbocycles. The van der Waals surface area contributed by atoms with Gasteiger partial charge in [-0.15, -0.1) is 11.3 Å². The summed E-state index contributed by atoms with van der Waals surface area (Å²) in [4.78, 5) is 7.45. The fourth-order valence-corrected chi connectivity index (χ4v) is 5.50. The first-order valence-corrected chi connectivity index (χ1v) is 12.7. The van der Waals surface area contributed by atoms with Gasteiger partial charge in [-0.2, -0.15) is 4.98 Å². The molecule has 0 bridgehead atoms. The number of rotatable bonds is 7. The second-order valence-corrected chi connectivity index (χ2v) is 10.1. The summed E-state index contributed by atoms with van der Waals surface area (Å²) in [5.74, 6) is 1.33. The van der Waals surface area contributed by atoms with E-state index in [0.29, 0.717) is 44.5 Å². The first-order valence-electron chi connectivity index (χ1n) is 10.3. The number of benzene rings is 1. The lowest BCUT2D eigenvalue weighted by Gasteiger charge is -2.26. The number of hydrogen-bond donors (Lipinski definition) is 1. The highest BCUT2D eigenvalue weighted by Crippen LogP contribution is 2.37. The van der Waals surface area contributed by atoms with Gasteiger partial charge in [-0.3, -0.25) is 4.90 Å². The van der Waals surface area contributed by atoms with Crippen LogP contribution in [0.15, 0.2) is 50.1 Å². The number of thiophene rings is 1. The van der Waals surface area contributed by atoms with Crippen LogP contribution >= 0.6 is 11.3 Å². The number of anilines is 1. The summed E-state index contributed by atoms with van der Waals surface area (Å²) in [5.41, 5.74) is 0. The fraction of sp³-hybridized carbons (Fsp3) is 0.381. The van der Waals surface area contributed by atoms with E-state index in [1.54, 1.807) is 6.07 Å². The van der Waals surface area contributed by atoms with Crippen LogP contribution in [0.4, 0.5) is 5.88 Å². The molecule has 1 N–H and O–H groups in total. The van der Waals surface area contributed by atoms with Crippen LogP contribution in [0.25, 0.3) is 10.8 Å². The van der Waals surface area contributed by atoms with Gasteiger partial charge in [0.05, 0.1) is 23.0 Å². The lowest BCUT2D eigenvalue weighted by Crippen LogP contribution is -2.39. The van der Waals surface area contributed by atoms with Crippen LogP contribution < -0.4 is 14.8 Å². The van der Waals surface area contributed by atoms with Crippen LogP contribution in [-0.2, 0) is 14.6 Å². The third-order valence-corrected chi connectivity index (χ3v) is 7.74. The Bertz CT molecular complexity index is 1170. The molecule has 0 saturated carbocycles. The zero-order chi connectivity index (χ0) is 22.0. The number of sulfone groups is 1. The van der Waals surface area contributed by atoms with Gasteiger partial charge in [0.2, 0.25) is 26.6 Å². The standard InChI is InChI=1S/C21H23N3O6S2/c25-32(26,15-3-4-16-17(14-15)29-12-11-28-16)21-20(22-5-6-24-7-9-27-10-8-24)30-19(23-21)18-2-1-13-31-18/h1-4,13-14,22H,5-12H2. The first-order chi connectivity index (χ1) is 15.6. The number of nitrogens with one attached hydrogen (secondary N) is 1. The quantitative estimate of drug-likeness (QED) is 0.550. The molecule has 1 saturated heterocycles. The van der Waals surface area contributed by atoms with Crippen molar-refractivity contribution in [3.63, 3.8) is 0 Å². The van der Waals surface area contributed by atoms with E-state index in [9.17, 15) is 8.42 Å².